The summed E-state index contributed by atoms with van der Waals surface area (Å²) in [6, 6.07) is 2.18. The summed E-state index contributed by atoms with van der Waals surface area (Å²) in [7, 11) is 0. The second-order valence-corrected chi connectivity index (χ2v) is 11.9. The molecule has 9 heteroatoms. The fourth-order valence-electron chi connectivity index (χ4n) is 7.42. The van der Waals surface area contributed by atoms with Crippen LogP contribution in [-0.4, -0.2) is 77.9 Å². The zero-order valence-electron chi connectivity index (χ0n) is 21.0. The topological polar surface area (TPSA) is 91.7 Å². The first kappa shape index (κ1) is 22.7. The van der Waals surface area contributed by atoms with Crippen molar-refractivity contribution in [3.05, 3.63) is 24.0 Å². The quantitative estimate of drug-likeness (QED) is 0.682. The number of rotatable bonds is 4. The van der Waals surface area contributed by atoms with Gasteiger partial charge in [-0.05, 0) is 69.2 Å². The molecule has 3 unspecified atom stereocenters. The van der Waals surface area contributed by atoms with E-state index < -0.39 is 0 Å². The molecule has 0 aromatic carbocycles. The zero-order chi connectivity index (χ0) is 24.4. The van der Waals surface area contributed by atoms with Crippen LogP contribution in [0.4, 0.5) is 10.5 Å². The summed E-state index contributed by atoms with van der Waals surface area (Å²) >= 11 is 0. The van der Waals surface area contributed by atoms with Crippen LogP contribution in [0.1, 0.15) is 50.1 Å². The van der Waals surface area contributed by atoms with Gasteiger partial charge in [-0.3, -0.25) is 15.0 Å². The van der Waals surface area contributed by atoms with E-state index in [2.05, 4.69) is 33.2 Å². The highest BCUT2D eigenvalue weighted by Gasteiger charge is 2.47. The van der Waals surface area contributed by atoms with Crippen molar-refractivity contribution in [1.82, 2.24) is 25.1 Å². The molecule has 3 atom stereocenters. The number of piperidine rings is 1. The van der Waals surface area contributed by atoms with Crippen LogP contribution >= 0.6 is 0 Å². The van der Waals surface area contributed by atoms with Crippen molar-refractivity contribution < 1.29 is 14.3 Å². The van der Waals surface area contributed by atoms with E-state index in [0.29, 0.717) is 36.6 Å². The Hall–Kier alpha value is -2.49. The standard InChI is InChI=1S/C27H36N6O3/c1-17-15-33(25-22(17)9-19(13-29-25)32-5-2-24(34)30-26(32)35)20-10-27(11-20)3-6-31(7-4-27)16-21-8-18-12-28-14-23(18)36-21/h9,13,15,18,20-21,23,28H,2-8,10-12,14,16H2,1H3,(H,30,34,35). The van der Waals surface area contributed by atoms with Crippen LogP contribution in [0.5, 0.6) is 0 Å². The summed E-state index contributed by atoms with van der Waals surface area (Å²) < 4.78 is 8.67. The molecule has 3 amide bonds. The number of hydrogen-bond donors (Lipinski definition) is 2. The molecule has 1 aliphatic carbocycles. The van der Waals surface area contributed by atoms with Crippen molar-refractivity contribution in [2.24, 2.45) is 11.3 Å². The maximum absolute atomic E-state index is 12.3. The largest absolute Gasteiger partial charge is 0.372 e. The molecular formula is C27H36N6O3. The normalized spacial score (nSPS) is 30.7. The number of urea groups is 1. The highest BCUT2D eigenvalue weighted by atomic mass is 16.5. The van der Waals surface area contributed by atoms with Gasteiger partial charge in [-0.2, -0.15) is 0 Å². The lowest BCUT2D eigenvalue weighted by molar-refractivity contribution is -0.120. The van der Waals surface area contributed by atoms with Crippen molar-refractivity contribution in [1.29, 1.82) is 0 Å². The zero-order valence-corrected chi connectivity index (χ0v) is 21.0. The summed E-state index contributed by atoms with van der Waals surface area (Å²) in [5.74, 6) is 0.508. The number of nitrogens with zero attached hydrogens (tertiary/aromatic N) is 4. The lowest BCUT2D eigenvalue weighted by Gasteiger charge is -2.53. The number of fused-ring (bicyclic) bond motifs is 2. The van der Waals surface area contributed by atoms with Gasteiger partial charge in [0.05, 0.1) is 24.1 Å². The summed E-state index contributed by atoms with van der Waals surface area (Å²) in [4.78, 5) is 32.8. The number of pyridine rings is 1. The van der Waals surface area contributed by atoms with Crippen LogP contribution in [0, 0.1) is 18.3 Å². The van der Waals surface area contributed by atoms with Crippen LogP contribution in [0.2, 0.25) is 0 Å². The number of amides is 3. The third kappa shape index (κ3) is 3.83. The minimum atomic E-state index is -0.365. The van der Waals surface area contributed by atoms with E-state index >= 15 is 0 Å². The van der Waals surface area contributed by atoms with Gasteiger partial charge in [0.1, 0.15) is 5.65 Å². The van der Waals surface area contributed by atoms with E-state index in [4.69, 9.17) is 9.72 Å². The average Bonchev–Trinajstić information content (AvgIpc) is 3.52. The average molecular weight is 493 g/mol. The second kappa shape index (κ2) is 8.53. The van der Waals surface area contributed by atoms with Crippen LogP contribution in [0.3, 0.4) is 0 Å². The minimum Gasteiger partial charge on any atom is -0.372 e. The van der Waals surface area contributed by atoms with Crippen molar-refractivity contribution in [2.75, 3.05) is 44.2 Å². The number of imide groups is 1. The Balaban J connectivity index is 0.981. The molecule has 36 heavy (non-hydrogen) atoms. The summed E-state index contributed by atoms with van der Waals surface area (Å²) in [6.07, 6.45) is 11.4. The van der Waals surface area contributed by atoms with Crippen LogP contribution in [0.25, 0.3) is 11.0 Å². The van der Waals surface area contributed by atoms with Gasteiger partial charge in [-0.15, -0.1) is 0 Å². The number of anilines is 1. The monoisotopic (exact) mass is 492 g/mol. The van der Waals surface area contributed by atoms with E-state index in [0.717, 1.165) is 42.3 Å². The minimum absolute atomic E-state index is 0.218. The number of ether oxygens (including phenoxy) is 1. The molecule has 2 aromatic rings. The summed E-state index contributed by atoms with van der Waals surface area (Å²) in [6.45, 7) is 8.15. The Bertz CT molecular complexity index is 1180. The molecule has 2 aromatic heterocycles. The van der Waals surface area contributed by atoms with E-state index in [9.17, 15) is 9.59 Å². The Morgan fingerprint density at radius 2 is 2.00 bits per heavy atom. The molecule has 4 saturated heterocycles. The number of nitrogens with one attached hydrogen (secondary N) is 2. The Morgan fingerprint density at radius 3 is 2.78 bits per heavy atom. The molecule has 1 saturated carbocycles. The molecule has 2 N–H and O–H groups in total. The van der Waals surface area contributed by atoms with Crippen LogP contribution in [-0.2, 0) is 9.53 Å². The number of carbonyl (C=O) groups excluding carboxylic acids is 2. The molecule has 0 bridgehead atoms. The fourth-order valence-corrected chi connectivity index (χ4v) is 7.42. The van der Waals surface area contributed by atoms with Crippen molar-refractivity contribution in [3.8, 4) is 0 Å². The van der Waals surface area contributed by atoms with Gasteiger partial charge >= 0.3 is 6.03 Å². The predicted octanol–water partition coefficient (Wildman–Crippen LogP) is 2.59. The smallest absolute Gasteiger partial charge is 0.328 e. The van der Waals surface area contributed by atoms with E-state index in [1.165, 1.54) is 50.8 Å². The molecule has 9 nitrogen and oxygen atoms in total. The number of aromatic nitrogens is 2. The number of carbonyl (C=O) groups is 2. The molecule has 5 aliphatic rings. The number of hydrogen-bond acceptors (Lipinski definition) is 6. The molecule has 1 spiro atoms. The Kier molecular flexibility index (Phi) is 5.38. The Labute approximate surface area is 211 Å². The molecule has 7 rings (SSSR count). The van der Waals surface area contributed by atoms with Crippen molar-refractivity contribution >= 4 is 28.7 Å². The van der Waals surface area contributed by atoms with Gasteiger partial charge in [0.2, 0.25) is 5.91 Å². The number of likely N-dealkylation sites (tertiary alicyclic amines) is 1. The van der Waals surface area contributed by atoms with E-state index in [1.54, 1.807) is 11.1 Å². The van der Waals surface area contributed by atoms with Gasteiger partial charge in [-0.25, -0.2) is 9.78 Å². The van der Waals surface area contributed by atoms with Gasteiger partial charge in [0, 0.05) is 56.1 Å². The lowest BCUT2D eigenvalue weighted by Crippen LogP contribution is -2.49. The Morgan fingerprint density at radius 1 is 1.17 bits per heavy atom. The molecule has 0 radical (unpaired) electrons. The third-order valence-corrected chi connectivity index (χ3v) is 9.54. The SMILES string of the molecule is Cc1cn(C2CC3(CCN(CC4CC5CNCC5O4)CC3)C2)c2ncc(N3CCC(=O)NC3=O)cc12. The van der Waals surface area contributed by atoms with Gasteiger partial charge in [0.25, 0.3) is 0 Å². The molecular weight excluding hydrogens is 456 g/mol. The first-order valence-corrected chi connectivity index (χ1v) is 13.6. The van der Waals surface area contributed by atoms with Gasteiger partial charge < -0.3 is 19.5 Å². The summed E-state index contributed by atoms with van der Waals surface area (Å²) in [5.41, 5.74) is 3.40. The molecule has 5 fully saturated rings. The maximum Gasteiger partial charge on any atom is 0.328 e. The fraction of sp³-hybridized carbons (Fsp3) is 0.667. The van der Waals surface area contributed by atoms with Gasteiger partial charge in [-0.1, -0.05) is 0 Å². The van der Waals surface area contributed by atoms with Crippen LogP contribution in [0.15, 0.2) is 18.5 Å². The molecule has 192 valence electrons. The van der Waals surface area contributed by atoms with E-state index in [1.807, 2.05) is 6.07 Å². The van der Waals surface area contributed by atoms with Crippen molar-refractivity contribution in [3.63, 3.8) is 0 Å². The van der Waals surface area contributed by atoms with Crippen molar-refractivity contribution in [2.45, 2.75) is 63.7 Å². The highest BCUT2D eigenvalue weighted by Crippen LogP contribution is 2.55. The first-order chi connectivity index (χ1) is 17.5. The number of aryl methyl sites for hydroxylation is 1. The van der Waals surface area contributed by atoms with Crippen LogP contribution < -0.4 is 15.5 Å². The first-order valence-electron chi connectivity index (χ1n) is 13.6. The lowest BCUT2D eigenvalue weighted by atomic mass is 9.60. The van der Waals surface area contributed by atoms with Gasteiger partial charge in [0.15, 0.2) is 0 Å². The highest BCUT2D eigenvalue weighted by molar-refractivity contribution is 6.06. The summed E-state index contributed by atoms with van der Waals surface area (Å²) in [5, 5.41) is 6.94. The second-order valence-electron chi connectivity index (χ2n) is 11.9. The molecule has 6 heterocycles. The maximum atomic E-state index is 12.3. The predicted molar refractivity (Wildman–Crippen MR) is 136 cm³/mol. The third-order valence-electron chi connectivity index (χ3n) is 9.54. The van der Waals surface area contributed by atoms with E-state index in [-0.39, 0.29) is 11.9 Å². The molecule has 4 aliphatic heterocycles.